The summed E-state index contributed by atoms with van der Waals surface area (Å²) in [4.78, 5) is 0. The minimum absolute atomic E-state index is 0.141. The summed E-state index contributed by atoms with van der Waals surface area (Å²) in [6.45, 7) is 6.63. The zero-order valence-corrected chi connectivity index (χ0v) is 19.6. The van der Waals surface area contributed by atoms with Crippen molar-refractivity contribution in [1.29, 1.82) is 0 Å². The van der Waals surface area contributed by atoms with Gasteiger partial charge < -0.3 is 49.6 Å². The second kappa shape index (κ2) is 14.1. The van der Waals surface area contributed by atoms with Crippen LogP contribution in [0.15, 0.2) is 0 Å². The van der Waals surface area contributed by atoms with E-state index in [1.807, 2.05) is 0 Å². The Balaban J connectivity index is 0.000000321. The topological polar surface area (TPSA) is 158 Å². The fourth-order valence-corrected chi connectivity index (χ4v) is 3.10. The molecule has 2 saturated heterocycles. The Kier molecular flexibility index (Phi) is 13.1. The third-order valence-electron chi connectivity index (χ3n) is 6.78. The summed E-state index contributed by atoms with van der Waals surface area (Å²) in [5, 5.41) is 54.2. The molecule has 2 fully saturated rings. The van der Waals surface area contributed by atoms with Crippen molar-refractivity contribution >= 4 is 0 Å². The van der Waals surface area contributed by atoms with E-state index in [0.717, 1.165) is 52.5 Å². The molecule has 0 saturated carbocycles. The van der Waals surface area contributed by atoms with Gasteiger partial charge in [0, 0.05) is 10.8 Å². The van der Waals surface area contributed by atoms with Gasteiger partial charge in [0.25, 0.3) is 0 Å². The van der Waals surface area contributed by atoms with Crippen LogP contribution in [0.3, 0.4) is 0 Å². The second-order valence-electron chi connectivity index (χ2n) is 9.63. The van der Waals surface area contributed by atoms with Gasteiger partial charge in [-0.1, -0.05) is 13.8 Å². The molecule has 0 aliphatic carbocycles. The molecule has 32 heavy (non-hydrogen) atoms. The van der Waals surface area contributed by atoms with E-state index < -0.39 is 50.5 Å². The first-order chi connectivity index (χ1) is 15.3. The Bertz CT molecular complexity index is 416. The predicted octanol–water partition coefficient (Wildman–Crippen LogP) is -1.21. The second-order valence-corrected chi connectivity index (χ2v) is 9.63. The van der Waals surface area contributed by atoms with Crippen LogP contribution in [0.2, 0.25) is 0 Å². The number of aliphatic hydroxyl groups is 6. The average Bonchev–Trinajstić information content (AvgIpc) is 2.79. The van der Waals surface area contributed by atoms with E-state index in [9.17, 15) is 0 Å². The third kappa shape index (κ3) is 7.83. The van der Waals surface area contributed by atoms with Crippen molar-refractivity contribution in [3.8, 4) is 0 Å². The van der Waals surface area contributed by atoms with Crippen LogP contribution in [0.1, 0.15) is 26.7 Å². The fraction of sp³-hybridized carbons (Fsp3) is 1.00. The number of rotatable bonds is 16. The first-order valence-corrected chi connectivity index (χ1v) is 11.3. The Morgan fingerprint density at radius 1 is 0.594 bits per heavy atom. The molecular weight excluding hydrogens is 424 g/mol. The highest BCUT2D eigenvalue weighted by Gasteiger charge is 2.40. The van der Waals surface area contributed by atoms with Gasteiger partial charge in [-0.2, -0.15) is 0 Å². The van der Waals surface area contributed by atoms with Crippen LogP contribution in [0.4, 0.5) is 0 Å². The number of hydrogen-bond acceptors (Lipinski definition) is 10. The molecule has 0 bridgehead atoms. The quantitative estimate of drug-likeness (QED) is 0.162. The zero-order chi connectivity index (χ0) is 24.1. The summed E-state index contributed by atoms with van der Waals surface area (Å²) >= 11 is 0. The van der Waals surface area contributed by atoms with Crippen LogP contribution in [0.5, 0.6) is 0 Å². The van der Waals surface area contributed by atoms with Crippen molar-refractivity contribution in [2.45, 2.75) is 26.7 Å². The zero-order valence-electron chi connectivity index (χ0n) is 19.6. The highest BCUT2D eigenvalue weighted by Crippen LogP contribution is 2.35. The minimum Gasteiger partial charge on any atom is -0.396 e. The highest BCUT2D eigenvalue weighted by atomic mass is 16.5. The summed E-state index contributed by atoms with van der Waals surface area (Å²) in [6, 6.07) is 0. The lowest BCUT2D eigenvalue weighted by Crippen LogP contribution is -2.49. The third-order valence-corrected chi connectivity index (χ3v) is 6.78. The van der Waals surface area contributed by atoms with Crippen molar-refractivity contribution in [3.05, 3.63) is 0 Å². The maximum absolute atomic E-state index is 9.03. The molecule has 0 aromatic carbocycles. The Labute approximate surface area is 191 Å². The molecule has 6 N–H and O–H groups in total. The molecule has 0 aromatic rings. The van der Waals surface area contributed by atoms with E-state index in [2.05, 4.69) is 13.8 Å². The Hall–Kier alpha value is -0.400. The average molecular weight is 469 g/mol. The molecule has 0 spiro atoms. The number of ether oxygens (including phenoxy) is 4. The first-order valence-electron chi connectivity index (χ1n) is 11.3. The monoisotopic (exact) mass is 468 g/mol. The van der Waals surface area contributed by atoms with Gasteiger partial charge in [-0.15, -0.1) is 0 Å². The van der Waals surface area contributed by atoms with Gasteiger partial charge in [0.2, 0.25) is 0 Å². The van der Waals surface area contributed by atoms with Gasteiger partial charge in [-0.3, -0.25) is 0 Å². The molecule has 0 amide bonds. The maximum Gasteiger partial charge on any atom is 0.0629 e. The van der Waals surface area contributed by atoms with Crippen LogP contribution >= 0.6 is 0 Å². The van der Waals surface area contributed by atoms with Gasteiger partial charge in [0.05, 0.1) is 103 Å². The molecule has 0 aromatic heterocycles. The standard InChI is InChI=1S/C12H22O3.C10H22O7/c1-3-11(5-13-6-11)9-15-10-12(4-2)7-14-8-12;11-1-9(2-12,3-13)7-17-8-10(4-14,5-15)6-16/h3-10H2,1-2H3;11-16H,1-8H2. The molecule has 10 nitrogen and oxygen atoms in total. The predicted molar refractivity (Wildman–Crippen MR) is 116 cm³/mol. The lowest BCUT2D eigenvalue weighted by atomic mass is 9.83. The summed E-state index contributed by atoms with van der Waals surface area (Å²) < 4.78 is 21.6. The molecular formula is C22H44O10. The largest absolute Gasteiger partial charge is 0.396 e. The maximum atomic E-state index is 9.03. The molecule has 0 unspecified atom stereocenters. The van der Waals surface area contributed by atoms with Crippen molar-refractivity contribution < 1.29 is 49.6 Å². The van der Waals surface area contributed by atoms with E-state index in [-0.39, 0.29) is 13.2 Å². The first kappa shape index (κ1) is 29.6. The van der Waals surface area contributed by atoms with Crippen molar-refractivity contribution in [1.82, 2.24) is 0 Å². The van der Waals surface area contributed by atoms with Crippen LogP contribution in [0.25, 0.3) is 0 Å². The molecule has 2 aliphatic heterocycles. The summed E-state index contributed by atoms with van der Waals surface area (Å²) in [6.07, 6.45) is 2.31. The van der Waals surface area contributed by atoms with Gasteiger partial charge in [0.1, 0.15) is 0 Å². The smallest absolute Gasteiger partial charge is 0.0629 e. The van der Waals surface area contributed by atoms with E-state index in [0.29, 0.717) is 10.8 Å². The summed E-state index contributed by atoms with van der Waals surface area (Å²) in [7, 11) is 0. The number of hydrogen-bond donors (Lipinski definition) is 6. The van der Waals surface area contributed by atoms with Crippen LogP contribution in [-0.4, -0.2) is 123 Å². The van der Waals surface area contributed by atoms with Crippen LogP contribution < -0.4 is 0 Å². The summed E-state index contributed by atoms with van der Waals surface area (Å²) in [5.41, 5.74) is -1.68. The fourth-order valence-electron chi connectivity index (χ4n) is 3.10. The van der Waals surface area contributed by atoms with Gasteiger partial charge >= 0.3 is 0 Å². The van der Waals surface area contributed by atoms with E-state index in [4.69, 9.17) is 49.6 Å². The van der Waals surface area contributed by atoms with Crippen molar-refractivity contribution in [3.63, 3.8) is 0 Å². The van der Waals surface area contributed by atoms with Gasteiger partial charge in [-0.25, -0.2) is 0 Å². The minimum atomic E-state index is -1.16. The Morgan fingerprint density at radius 3 is 1.09 bits per heavy atom. The van der Waals surface area contributed by atoms with Crippen molar-refractivity contribution in [2.75, 3.05) is 92.5 Å². The van der Waals surface area contributed by atoms with E-state index in [1.165, 1.54) is 0 Å². The van der Waals surface area contributed by atoms with Gasteiger partial charge in [-0.05, 0) is 12.8 Å². The van der Waals surface area contributed by atoms with Crippen molar-refractivity contribution in [2.24, 2.45) is 21.7 Å². The summed E-state index contributed by atoms with van der Waals surface area (Å²) in [5.74, 6) is 0. The number of aliphatic hydroxyl groups excluding tert-OH is 6. The molecule has 2 aliphatic rings. The molecule has 0 radical (unpaired) electrons. The molecule has 10 heteroatoms. The van der Waals surface area contributed by atoms with E-state index in [1.54, 1.807) is 0 Å². The lowest BCUT2D eigenvalue weighted by Gasteiger charge is -2.44. The van der Waals surface area contributed by atoms with E-state index >= 15 is 0 Å². The van der Waals surface area contributed by atoms with Crippen LogP contribution in [-0.2, 0) is 18.9 Å². The molecule has 2 heterocycles. The molecule has 192 valence electrons. The Morgan fingerprint density at radius 2 is 0.906 bits per heavy atom. The SMILES string of the molecule is CCC1(COCC2(CC)COC2)COC1.OCC(CO)(CO)COCC(CO)(CO)CO. The molecule has 0 atom stereocenters. The van der Waals surface area contributed by atoms with Gasteiger partial charge in [0.15, 0.2) is 0 Å². The normalized spacial score (nSPS) is 19.5. The highest BCUT2D eigenvalue weighted by molar-refractivity contribution is 4.87. The van der Waals surface area contributed by atoms with Crippen LogP contribution in [0, 0.1) is 21.7 Å². The molecule has 2 rings (SSSR count). The lowest BCUT2D eigenvalue weighted by molar-refractivity contribution is -0.187.